The lowest BCUT2D eigenvalue weighted by Crippen LogP contribution is -2.26. The Bertz CT molecular complexity index is 766. The first-order chi connectivity index (χ1) is 12.1. The van der Waals surface area contributed by atoms with Crippen molar-refractivity contribution in [3.63, 3.8) is 0 Å². The zero-order valence-electron chi connectivity index (χ0n) is 13.7. The van der Waals surface area contributed by atoms with E-state index in [0.717, 1.165) is 11.1 Å². The number of hydrogen-bond donors (Lipinski definition) is 1. The first-order valence-electron chi connectivity index (χ1n) is 8.15. The third-order valence-corrected chi connectivity index (χ3v) is 4.23. The van der Waals surface area contributed by atoms with Crippen LogP contribution in [0, 0.1) is 5.82 Å². The molecule has 25 heavy (non-hydrogen) atoms. The Balaban J connectivity index is 1.49. The van der Waals surface area contributed by atoms with Crippen LogP contribution in [0.5, 0.6) is 5.75 Å². The van der Waals surface area contributed by atoms with E-state index in [1.54, 1.807) is 6.07 Å². The molecule has 1 aliphatic rings. The summed E-state index contributed by atoms with van der Waals surface area (Å²) < 4.78 is 24.3. The molecule has 0 saturated carbocycles. The third kappa shape index (κ3) is 4.94. The van der Waals surface area contributed by atoms with E-state index in [2.05, 4.69) is 5.32 Å². The number of carbonyl (C=O) groups is 1. The van der Waals surface area contributed by atoms with Gasteiger partial charge in [-0.2, -0.15) is 0 Å². The van der Waals surface area contributed by atoms with Gasteiger partial charge in [-0.25, -0.2) is 4.39 Å². The number of fused-ring (bicyclic) bond motifs is 1. The molecule has 2 aromatic rings. The number of rotatable bonds is 6. The monoisotopic (exact) mass is 363 g/mol. The van der Waals surface area contributed by atoms with Gasteiger partial charge in [0.05, 0.1) is 6.61 Å². The van der Waals surface area contributed by atoms with E-state index < -0.39 is 0 Å². The molecule has 4 nitrogen and oxygen atoms in total. The second-order valence-electron chi connectivity index (χ2n) is 5.89. The Morgan fingerprint density at radius 3 is 2.96 bits per heavy atom. The number of hydrogen-bond acceptors (Lipinski definition) is 3. The maximum absolute atomic E-state index is 13.7. The molecule has 6 heteroatoms. The highest BCUT2D eigenvalue weighted by Crippen LogP contribution is 2.29. The molecular formula is C19H19ClFNO3. The first-order valence-corrected chi connectivity index (χ1v) is 8.52. The molecule has 132 valence electrons. The van der Waals surface area contributed by atoms with E-state index in [1.165, 1.54) is 12.1 Å². The summed E-state index contributed by atoms with van der Waals surface area (Å²) in [5, 5.41) is 3.53. The van der Waals surface area contributed by atoms with Crippen molar-refractivity contribution < 1.29 is 18.7 Å². The molecule has 1 N–H and O–H groups in total. The van der Waals surface area contributed by atoms with E-state index in [0.29, 0.717) is 48.7 Å². The van der Waals surface area contributed by atoms with Gasteiger partial charge in [0.1, 0.15) is 11.6 Å². The van der Waals surface area contributed by atoms with E-state index in [-0.39, 0.29) is 18.5 Å². The topological polar surface area (TPSA) is 47.6 Å². The molecular weight excluding hydrogens is 345 g/mol. The van der Waals surface area contributed by atoms with Crippen LogP contribution in [0.4, 0.5) is 4.39 Å². The Kier molecular flexibility index (Phi) is 5.89. The normalized spacial score (nSPS) is 13.0. The summed E-state index contributed by atoms with van der Waals surface area (Å²) in [5.41, 5.74) is 2.47. The fourth-order valence-electron chi connectivity index (χ4n) is 2.82. The molecule has 0 fully saturated rings. The zero-order chi connectivity index (χ0) is 17.6. The molecule has 0 bridgehead atoms. The predicted octanol–water partition coefficient (Wildman–Crippen LogP) is 3.64. The molecule has 1 amide bonds. The summed E-state index contributed by atoms with van der Waals surface area (Å²) >= 11 is 5.93. The number of amides is 1. The third-order valence-electron chi connectivity index (χ3n) is 4.00. The highest BCUT2D eigenvalue weighted by atomic mass is 35.5. The Morgan fingerprint density at radius 2 is 2.12 bits per heavy atom. The quantitative estimate of drug-likeness (QED) is 0.852. The second kappa shape index (κ2) is 8.32. The van der Waals surface area contributed by atoms with Crippen molar-refractivity contribution in [3.05, 3.63) is 63.9 Å². The van der Waals surface area contributed by atoms with Crippen molar-refractivity contribution in [3.8, 4) is 5.75 Å². The van der Waals surface area contributed by atoms with Crippen LogP contribution in [0.3, 0.4) is 0 Å². The van der Waals surface area contributed by atoms with Crippen LogP contribution in [-0.2, 0) is 29.0 Å². The smallest absolute Gasteiger partial charge is 0.220 e. The fraction of sp³-hybridized carbons (Fsp3) is 0.316. The van der Waals surface area contributed by atoms with Crippen molar-refractivity contribution in [2.45, 2.75) is 25.9 Å². The van der Waals surface area contributed by atoms with Gasteiger partial charge in [-0.1, -0.05) is 23.7 Å². The first kappa shape index (κ1) is 17.7. The highest BCUT2D eigenvalue weighted by molar-refractivity contribution is 6.30. The summed E-state index contributed by atoms with van der Waals surface area (Å²) in [7, 11) is 0. The van der Waals surface area contributed by atoms with Crippen molar-refractivity contribution >= 4 is 17.5 Å². The predicted molar refractivity (Wildman–Crippen MR) is 93.2 cm³/mol. The van der Waals surface area contributed by atoms with E-state index >= 15 is 0 Å². The van der Waals surface area contributed by atoms with E-state index in [9.17, 15) is 9.18 Å². The molecule has 0 radical (unpaired) electrons. The Morgan fingerprint density at radius 1 is 1.24 bits per heavy atom. The fourth-order valence-corrected chi connectivity index (χ4v) is 3.03. The number of carbonyl (C=O) groups excluding carboxylic acids is 1. The van der Waals surface area contributed by atoms with Gasteiger partial charge in [0.15, 0.2) is 6.79 Å². The van der Waals surface area contributed by atoms with Gasteiger partial charge >= 0.3 is 0 Å². The summed E-state index contributed by atoms with van der Waals surface area (Å²) in [6, 6.07) is 10.3. The van der Waals surface area contributed by atoms with Gasteiger partial charge in [-0.3, -0.25) is 4.79 Å². The van der Waals surface area contributed by atoms with Crippen LogP contribution in [0.25, 0.3) is 0 Å². The Hall–Kier alpha value is -2.11. The summed E-state index contributed by atoms with van der Waals surface area (Å²) in [6.07, 6.45) is 1.51. The van der Waals surface area contributed by atoms with Crippen LogP contribution in [0.1, 0.15) is 23.1 Å². The number of ether oxygens (including phenoxy) is 2. The Labute approximate surface area is 150 Å². The van der Waals surface area contributed by atoms with Crippen LogP contribution in [0.2, 0.25) is 5.02 Å². The van der Waals surface area contributed by atoms with Crippen LogP contribution < -0.4 is 10.1 Å². The van der Waals surface area contributed by atoms with Gasteiger partial charge in [0.2, 0.25) is 5.91 Å². The maximum Gasteiger partial charge on any atom is 0.220 e. The average molecular weight is 364 g/mol. The van der Waals surface area contributed by atoms with E-state index in [1.807, 2.05) is 18.2 Å². The minimum Gasteiger partial charge on any atom is -0.467 e. The zero-order valence-corrected chi connectivity index (χ0v) is 14.4. The lowest BCUT2D eigenvalue weighted by molar-refractivity contribution is -0.121. The molecule has 0 atom stereocenters. The van der Waals surface area contributed by atoms with Gasteiger partial charge in [-0.05, 0) is 48.2 Å². The van der Waals surface area contributed by atoms with Gasteiger partial charge in [-0.15, -0.1) is 0 Å². The SMILES string of the molecule is O=C(CCc1cccc(Cl)c1)NCCc1cc(F)cc2c1OCOC2. The molecule has 3 rings (SSSR count). The summed E-state index contributed by atoms with van der Waals surface area (Å²) in [6.45, 7) is 0.929. The standard InChI is InChI=1S/C19H19ClFNO3/c20-16-3-1-2-13(8-16)4-5-18(23)22-7-6-14-9-17(21)10-15-11-24-12-25-19(14)15/h1-3,8-10H,4-7,11-12H2,(H,22,23). The second-order valence-corrected chi connectivity index (χ2v) is 6.33. The number of halogens is 2. The molecule has 0 aromatic heterocycles. The number of benzene rings is 2. The van der Waals surface area contributed by atoms with Crippen molar-refractivity contribution in [1.29, 1.82) is 0 Å². The highest BCUT2D eigenvalue weighted by Gasteiger charge is 2.16. The lowest BCUT2D eigenvalue weighted by atomic mass is 10.1. The maximum atomic E-state index is 13.7. The molecule has 0 spiro atoms. The molecule has 0 saturated heterocycles. The largest absolute Gasteiger partial charge is 0.467 e. The average Bonchev–Trinajstić information content (AvgIpc) is 2.60. The van der Waals surface area contributed by atoms with Gasteiger partial charge in [0.25, 0.3) is 0 Å². The van der Waals surface area contributed by atoms with E-state index in [4.69, 9.17) is 21.1 Å². The summed E-state index contributed by atoms with van der Waals surface area (Å²) in [4.78, 5) is 12.0. The van der Waals surface area contributed by atoms with Crippen molar-refractivity contribution in [2.24, 2.45) is 0 Å². The van der Waals surface area contributed by atoms with Crippen molar-refractivity contribution in [1.82, 2.24) is 5.32 Å². The lowest BCUT2D eigenvalue weighted by Gasteiger charge is -2.21. The van der Waals surface area contributed by atoms with Crippen molar-refractivity contribution in [2.75, 3.05) is 13.3 Å². The van der Waals surface area contributed by atoms with Crippen LogP contribution in [0.15, 0.2) is 36.4 Å². The van der Waals surface area contributed by atoms with Gasteiger partial charge < -0.3 is 14.8 Å². The summed E-state index contributed by atoms with van der Waals surface area (Å²) in [5.74, 6) is 0.297. The minimum absolute atomic E-state index is 0.0468. The number of nitrogens with one attached hydrogen (secondary N) is 1. The molecule has 0 aliphatic carbocycles. The van der Waals surface area contributed by atoms with Crippen LogP contribution in [-0.4, -0.2) is 19.2 Å². The minimum atomic E-state index is -0.324. The molecule has 2 aromatic carbocycles. The number of aryl methyl sites for hydroxylation is 1. The molecule has 1 aliphatic heterocycles. The van der Waals surface area contributed by atoms with Crippen LogP contribution >= 0.6 is 11.6 Å². The molecule has 1 heterocycles. The van der Waals surface area contributed by atoms with Gasteiger partial charge in [0, 0.05) is 23.6 Å². The molecule has 0 unspecified atom stereocenters.